The fourth-order valence-corrected chi connectivity index (χ4v) is 2.19. The van der Waals surface area contributed by atoms with E-state index in [-0.39, 0.29) is 24.6 Å². The SMILES string of the molecule is O=C(O)CCCNC(=O)CSc1ccc(F)c(C(=O)O)c1. The molecule has 1 rings (SSSR count). The number of thioether (sulfide) groups is 1. The van der Waals surface area contributed by atoms with Crippen molar-refractivity contribution in [2.24, 2.45) is 0 Å². The summed E-state index contributed by atoms with van der Waals surface area (Å²) in [5, 5.41) is 19.8. The summed E-state index contributed by atoms with van der Waals surface area (Å²) in [5.41, 5.74) is -0.443. The number of amides is 1. The second-order valence-electron chi connectivity index (χ2n) is 4.08. The maximum Gasteiger partial charge on any atom is 0.338 e. The van der Waals surface area contributed by atoms with Crippen LogP contribution in [0.1, 0.15) is 23.2 Å². The van der Waals surface area contributed by atoms with Crippen LogP contribution in [-0.2, 0) is 9.59 Å². The van der Waals surface area contributed by atoms with Crippen LogP contribution in [0.25, 0.3) is 0 Å². The molecule has 6 nitrogen and oxygen atoms in total. The molecule has 0 atom stereocenters. The van der Waals surface area contributed by atoms with E-state index in [2.05, 4.69) is 5.32 Å². The van der Waals surface area contributed by atoms with Crippen molar-refractivity contribution in [3.8, 4) is 0 Å². The molecule has 21 heavy (non-hydrogen) atoms. The summed E-state index contributed by atoms with van der Waals surface area (Å²) in [6.45, 7) is 0.259. The predicted molar refractivity (Wildman–Crippen MR) is 74.0 cm³/mol. The summed E-state index contributed by atoms with van der Waals surface area (Å²) in [6.07, 6.45) is 0.318. The van der Waals surface area contributed by atoms with Crippen LogP contribution >= 0.6 is 11.8 Å². The highest BCUT2D eigenvalue weighted by atomic mass is 32.2. The zero-order valence-electron chi connectivity index (χ0n) is 11.0. The number of carbonyl (C=O) groups is 3. The van der Waals surface area contributed by atoms with Crippen LogP contribution in [0, 0.1) is 5.82 Å². The van der Waals surface area contributed by atoms with Gasteiger partial charge in [-0.25, -0.2) is 9.18 Å². The van der Waals surface area contributed by atoms with Gasteiger partial charge in [0, 0.05) is 17.9 Å². The molecular formula is C13H14FNO5S. The highest BCUT2D eigenvalue weighted by Crippen LogP contribution is 2.21. The van der Waals surface area contributed by atoms with Crippen LogP contribution in [0.4, 0.5) is 4.39 Å². The number of benzene rings is 1. The minimum atomic E-state index is -1.37. The van der Waals surface area contributed by atoms with Crippen molar-refractivity contribution in [2.75, 3.05) is 12.3 Å². The van der Waals surface area contributed by atoms with Crippen molar-refractivity contribution >= 4 is 29.6 Å². The van der Waals surface area contributed by atoms with Crippen molar-refractivity contribution < 1.29 is 29.0 Å². The zero-order valence-corrected chi connectivity index (χ0v) is 11.8. The number of nitrogens with one attached hydrogen (secondary N) is 1. The maximum absolute atomic E-state index is 13.2. The Bertz CT molecular complexity index is 549. The Balaban J connectivity index is 2.41. The van der Waals surface area contributed by atoms with Crippen molar-refractivity contribution in [1.29, 1.82) is 0 Å². The molecule has 0 aromatic heterocycles. The highest BCUT2D eigenvalue weighted by molar-refractivity contribution is 8.00. The monoisotopic (exact) mass is 315 g/mol. The number of hydrogen-bond donors (Lipinski definition) is 3. The number of halogens is 1. The van der Waals surface area contributed by atoms with Gasteiger partial charge >= 0.3 is 11.9 Å². The van der Waals surface area contributed by atoms with Crippen LogP contribution in [0.2, 0.25) is 0 Å². The topological polar surface area (TPSA) is 104 Å². The first-order valence-corrected chi connectivity index (χ1v) is 7.03. The molecule has 1 amide bonds. The molecule has 0 fully saturated rings. The van der Waals surface area contributed by atoms with E-state index in [0.717, 1.165) is 17.8 Å². The summed E-state index contributed by atoms with van der Waals surface area (Å²) < 4.78 is 13.2. The summed E-state index contributed by atoms with van der Waals surface area (Å²) in [5.74, 6) is -3.38. The van der Waals surface area contributed by atoms with E-state index in [9.17, 15) is 18.8 Å². The third kappa shape index (κ3) is 6.26. The number of aliphatic carboxylic acids is 1. The second kappa shape index (κ2) is 8.25. The maximum atomic E-state index is 13.2. The Hall–Kier alpha value is -2.09. The Kier molecular flexibility index (Phi) is 6.67. The van der Waals surface area contributed by atoms with Gasteiger partial charge in [0.2, 0.25) is 5.91 Å². The van der Waals surface area contributed by atoms with E-state index < -0.39 is 23.3 Å². The van der Waals surface area contributed by atoms with Crippen molar-refractivity contribution in [2.45, 2.75) is 17.7 Å². The molecule has 0 unspecified atom stereocenters. The fraction of sp³-hybridized carbons (Fsp3) is 0.308. The Morgan fingerprint density at radius 2 is 1.95 bits per heavy atom. The van der Waals surface area contributed by atoms with Gasteiger partial charge in [-0.05, 0) is 24.6 Å². The predicted octanol–water partition coefficient (Wildman–Crippen LogP) is 1.60. The quantitative estimate of drug-likeness (QED) is 0.497. The molecule has 0 bridgehead atoms. The first kappa shape index (κ1) is 17.0. The Morgan fingerprint density at radius 3 is 2.57 bits per heavy atom. The molecule has 114 valence electrons. The molecule has 0 spiro atoms. The lowest BCUT2D eigenvalue weighted by Gasteiger charge is -2.05. The van der Waals surface area contributed by atoms with Gasteiger partial charge < -0.3 is 15.5 Å². The lowest BCUT2D eigenvalue weighted by Crippen LogP contribution is -2.26. The summed E-state index contributed by atoms with van der Waals surface area (Å²) in [7, 11) is 0. The van der Waals surface area contributed by atoms with Crippen LogP contribution in [0.5, 0.6) is 0 Å². The van der Waals surface area contributed by atoms with Gasteiger partial charge in [0.1, 0.15) is 5.82 Å². The molecule has 1 aromatic carbocycles. The van der Waals surface area contributed by atoms with Crippen LogP contribution in [-0.4, -0.2) is 40.4 Å². The fourth-order valence-electron chi connectivity index (χ4n) is 1.43. The third-order valence-electron chi connectivity index (χ3n) is 2.43. The van der Waals surface area contributed by atoms with E-state index in [1.54, 1.807) is 0 Å². The van der Waals surface area contributed by atoms with E-state index in [1.807, 2.05) is 0 Å². The molecule has 3 N–H and O–H groups in total. The lowest BCUT2D eigenvalue weighted by atomic mass is 10.2. The molecule has 0 radical (unpaired) electrons. The van der Waals surface area contributed by atoms with Crippen LogP contribution in [0.3, 0.4) is 0 Å². The molecule has 0 aliphatic heterocycles. The molecule has 0 saturated carbocycles. The average molecular weight is 315 g/mol. The highest BCUT2D eigenvalue weighted by Gasteiger charge is 2.11. The van der Waals surface area contributed by atoms with E-state index in [4.69, 9.17) is 10.2 Å². The second-order valence-corrected chi connectivity index (χ2v) is 5.13. The standard InChI is InChI=1S/C13H14FNO5S/c14-10-4-3-8(6-9(10)13(19)20)21-7-11(16)15-5-1-2-12(17)18/h3-4,6H,1-2,5,7H2,(H,15,16)(H,17,18)(H,19,20). The van der Waals surface area contributed by atoms with Gasteiger partial charge in [-0.1, -0.05) is 0 Å². The summed E-state index contributed by atoms with van der Waals surface area (Å²) in [4.78, 5) is 33.0. The summed E-state index contributed by atoms with van der Waals surface area (Å²) in [6, 6.07) is 3.60. The first-order valence-electron chi connectivity index (χ1n) is 6.04. The zero-order chi connectivity index (χ0) is 15.8. The lowest BCUT2D eigenvalue weighted by molar-refractivity contribution is -0.137. The molecule has 0 heterocycles. The number of hydrogen-bond acceptors (Lipinski definition) is 4. The van der Waals surface area contributed by atoms with Gasteiger partial charge in [-0.2, -0.15) is 0 Å². The van der Waals surface area contributed by atoms with Gasteiger partial charge in [-0.15, -0.1) is 11.8 Å². The third-order valence-corrected chi connectivity index (χ3v) is 3.42. The summed E-state index contributed by atoms with van der Waals surface area (Å²) >= 11 is 1.07. The number of carboxylic acids is 2. The number of carbonyl (C=O) groups excluding carboxylic acids is 1. The van der Waals surface area contributed by atoms with Crippen molar-refractivity contribution in [1.82, 2.24) is 5.32 Å². The number of rotatable bonds is 8. The minimum absolute atomic E-state index is 0.0205. The van der Waals surface area contributed by atoms with Crippen LogP contribution in [0.15, 0.2) is 23.1 Å². The smallest absolute Gasteiger partial charge is 0.338 e. The number of carboxylic acid groups (broad SMARTS) is 2. The van der Waals surface area contributed by atoms with E-state index in [0.29, 0.717) is 11.3 Å². The molecule has 0 aliphatic rings. The average Bonchev–Trinajstić information content (AvgIpc) is 2.42. The van der Waals surface area contributed by atoms with Gasteiger partial charge in [0.15, 0.2) is 0 Å². The number of aromatic carboxylic acids is 1. The van der Waals surface area contributed by atoms with Crippen molar-refractivity contribution in [3.05, 3.63) is 29.6 Å². The van der Waals surface area contributed by atoms with Gasteiger partial charge in [0.25, 0.3) is 0 Å². The van der Waals surface area contributed by atoms with Gasteiger partial charge in [0.05, 0.1) is 11.3 Å². The largest absolute Gasteiger partial charge is 0.481 e. The van der Waals surface area contributed by atoms with Gasteiger partial charge in [-0.3, -0.25) is 9.59 Å². The Morgan fingerprint density at radius 1 is 1.24 bits per heavy atom. The Labute approximate surface area is 124 Å². The molecule has 1 aromatic rings. The molecular weight excluding hydrogens is 301 g/mol. The molecule has 8 heteroatoms. The van der Waals surface area contributed by atoms with Crippen molar-refractivity contribution in [3.63, 3.8) is 0 Å². The first-order chi connectivity index (χ1) is 9.90. The molecule has 0 aliphatic carbocycles. The molecule has 0 saturated heterocycles. The minimum Gasteiger partial charge on any atom is -0.481 e. The van der Waals surface area contributed by atoms with E-state index >= 15 is 0 Å². The van der Waals surface area contributed by atoms with Crippen LogP contribution < -0.4 is 5.32 Å². The normalized spacial score (nSPS) is 10.1. The van der Waals surface area contributed by atoms with E-state index in [1.165, 1.54) is 12.1 Å².